The molecule has 0 aliphatic carbocycles. The van der Waals surface area contributed by atoms with Crippen LogP contribution in [0.15, 0.2) is 54.6 Å². The molecule has 2 heteroatoms. The molecule has 0 fully saturated rings. The van der Waals surface area contributed by atoms with Gasteiger partial charge in [-0.05, 0) is 24.3 Å². The van der Waals surface area contributed by atoms with Crippen molar-refractivity contribution in [2.75, 3.05) is 11.1 Å². The molecule has 3 N–H and O–H groups in total. The monoisotopic (exact) mass is 214 g/mol. The molecule has 16 heavy (non-hydrogen) atoms. The van der Waals surface area contributed by atoms with Crippen LogP contribution in [0.4, 0.5) is 17.1 Å². The van der Waals surface area contributed by atoms with Crippen molar-refractivity contribution in [3.63, 3.8) is 0 Å². The lowest BCUT2D eigenvalue weighted by Gasteiger charge is -2.08. The Balaban J connectivity index is 0.000000606. The van der Waals surface area contributed by atoms with E-state index in [0.29, 0.717) is 0 Å². The van der Waals surface area contributed by atoms with Crippen molar-refractivity contribution in [3.05, 3.63) is 54.6 Å². The molecule has 0 aliphatic heterocycles. The van der Waals surface area contributed by atoms with Gasteiger partial charge in [-0.3, -0.25) is 0 Å². The van der Waals surface area contributed by atoms with E-state index in [1.54, 1.807) is 0 Å². The minimum Gasteiger partial charge on any atom is -0.397 e. The maximum Gasteiger partial charge on any atom is 0.0617 e. The van der Waals surface area contributed by atoms with E-state index in [-0.39, 0.29) is 0 Å². The van der Waals surface area contributed by atoms with E-state index in [0.717, 1.165) is 17.1 Å². The fourth-order valence-corrected chi connectivity index (χ4v) is 1.29. The first-order valence-electron chi connectivity index (χ1n) is 5.53. The van der Waals surface area contributed by atoms with Crippen molar-refractivity contribution < 1.29 is 0 Å². The molecule has 0 unspecified atom stereocenters. The van der Waals surface area contributed by atoms with Crippen molar-refractivity contribution in [3.8, 4) is 0 Å². The van der Waals surface area contributed by atoms with Gasteiger partial charge in [-0.25, -0.2) is 0 Å². The quantitative estimate of drug-likeness (QED) is 0.740. The van der Waals surface area contributed by atoms with Crippen LogP contribution in [0, 0.1) is 0 Å². The van der Waals surface area contributed by atoms with Gasteiger partial charge in [0, 0.05) is 5.69 Å². The molecule has 0 atom stereocenters. The summed E-state index contributed by atoms with van der Waals surface area (Å²) in [6, 6.07) is 17.7. The van der Waals surface area contributed by atoms with E-state index in [2.05, 4.69) is 5.32 Å². The van der Waals surface area contributed by atoms with Crippen molar-refractivity contribution in [2.24, 2.45) is 0 Å². The third kappa shape index (κ3) is 3.31. The molecule has 2 rings (SSSR count). The zero-order chi connectivity index (χ0) is 11.8. The highest BCUT2D eigenvalue weighted by molar-refractivity contribution is 5.72. The summed E-state index contributed by atoms with van der Waals surface area (Å²) in [5.41, 5.74) is 8.56. The topological polar surface area (TPSA) is 38.0 Å². The Labute approximate surface area is 97.1 Å². The predicted molar refractivity (Wildman–Crippen MR) is 71.9 cm³/mol. The molecule has 84 valence electrons. The highest BCUT2D eigenvalue weighted by atomic mass is 14.9. The molecule has 0 spiro atoms. The first-order chi connectivity index (χ1) is 7.86. The largest absolute Gasteiger partial charge is 0.397 e. The van der Waals surface area contributed by atoms with Crippen molar-refractivity contribution in [1.29, 1.82) is 0 Å². The highest BCUT2D eigenvalue weighted by Crippen LogP contribution is 2.21. The van der Waals surface area contributed by atoms with Gasteiger partial charge < -0.3 is 11.1 Å². The third-order valence-corrected chi connectivity index (χ3v) is 2.01. The SMILES string of the molecule is CC.Nc1ccccc1Nc1ccccc1. The van der Waals surface area contributed by atoms with Crippen molar-refractivity contribution in [1.82, 2.24) is 0 Å². The molecule has 0 bridgehead atoms. The second-order valence-electron chi connectivity index (χ2n) is 3.08. The zero-order valence-electron chi connectivity index (χ0n) is 9.77. The summed E-state index contributed by atoms with van der Waals surface area (Å²) < 4.78 is 0. The Morgan fingerprint density at radius 1 is 0.812 bits per heavy atom. The number of benzene rings is 2. The predicted octanol–water partition coefficient (Wildman–Crippen LogP) is 4.04. The molecule has 0 saturated heterocycles. The van der Waals surface area contributed by atoms with E-state index in [1.807, 2.05) is 68.4 Å². The lowest BCUT2D eigenvalue weighted by atomic mass is 10.2. The third-order valence-electron chi connectivity index (χ3n) is 2.01. The summed E-state index contributed by atoms with van der Waals surface area (Å²) in [4.78, 5) is 0. The number of hydrogen-bond acceptors (Lipinski definition) is 2. The Morgan fingerprint density at radius 2 is 1.38 bits per heavy atom. The van der Waals surface area contributed by atoms with Crippen LogP contribution < -0.4 is 11.1 Å². The van der Waals surface area contributed by atoms with Gasteiger partial charge in [0.2, 0.25) is 0 Å². The van der Waals surface area contributed by atoms with Crippen LogP contribution in [0.25, 0.3) is 0 Å². The summed E-state index contributed by atoms with van der Waals surface area (Å²) in [6.45, 7) is 4.00. The maximum atomic E-state index is 5.81. The Morgan fingerprint density at radius 3 is 2.00 bits per heavy atom. The number of rotatable bonds is 2. The minimum absolute atomic E-state index is 0.761. The lowest BCUT2D eigenvalue weighted by molar-refractivity contribution is 1.50. The van der Waals surface area contributed by atoms with E-state index >= 15 is 0 Å². The second kappa shape index (κ2) is 6.51. The average Bonchev–Trinajstić information content (AvgIpc) is 2.36. The van der Waals surface area contributed by atoms with Crippen LogP contribution in [0.1, 0.15) is 13.8 Å². The number of nitrogens with two attached hydrogens (primary N) is 1. The van der Waals surface area contributed by atoms with Crippen LogP contribution in [0.3, 0.4) is 0 Å². The summed E-state index contributed by atoms with van der Waals surface area (Å²) in [5.74, 6) is 0. The molecule has 0 saturated carbocycles. The van der Waals surface area contributed by atoms with Gasteiger partial charge in [-0.2, -0.15) is 0 Å². The zero-order valence-corrected chi connectivity index (χ0v) is 9.77. The fourth-order valence-electron chi connectivity index (χ4n) is 1.29. The van der Waals surface area contributed by atoms with Gasteiger partial charge in [0.1, 0.15) is 0 Å². The van der Waals surface area contributed by atoms with Crippen LogP contribution in [0.5, 0.6) is 0 Å². The molecule has 2 aromatic rings. The van der Waals surface area contributed by atoms with Gasteiger partial charge in [0.15, 0.2) is 0 Å². The molecule has 0 aromatic heterocycles. The van der Waals surface area contributed by atoms with E-state index in [9.17, 15) is 0 Å². The Kier molecular flexibility index (Phi) is 4.93. The first kappa shape index (κ1) is 12.1. The molecule has 2 aromatic carbocycles. The summed E-state index contributed by atoms with van der Waals surface area (Å²) in [5, 5.41) is 3.25. The molecule has 0 amide bonds. The van der Waals surface area contributed by atoms with Crippen LogP contribution >= 0.6 is 0 Å². The van der Waals surface area contributed by atoms with Gasteiger partial charge in [0.25, 0.3) is 0 Å². The van der Waals surface area contributed by atoms with Crippen molar-refractivity contribution >= 4 is 17.1 Å². The smallest absolute Gasteiger partial charge is 0.0617 e. The lowest BCUT2D eigenvalue weighted by Crippen LogP contribution is -1.94. The van der Waals surface area contributed by atoms with Crippen molar-refractivity contribution in [2.45, 2.75) is 13.8 Å². The maximum absolute atomic E-state index is 5.81. The highest BCUT2D eigenvalue weighted by Gasteiger charge is 1.96. The van der Waals surface area contributed by atoms with Gasteiger partial charge in [-0.15, -0.1) is 0 Å². The number of nitrogen functional groups attached to an aromatic ring is 1. The summed E-state index contributed by atoms with van der Waals surface area (Å²) >= 11 is 0. The minimum atomic E-state index is 0.761. The number of anilines is 3. The van der Waals surface area contributed by atoms with Gasteiger partial charge >= 0.3 is 0 Å². The summed E-state index contributed by atoms with van der Waals surface area (Å²) in [7, 11) is 0. The van der Waals surface area contributed by atoms with Gasteiger partial charge in [-0.1, -0.05) is 44.2 Å². The van der Waals surface area contributed by atoms with E-state index in [4.69, 9.17) is 5.73 Å². The normalized spacial score (nSPS) is 8.88. The second-order valence-corrected chi connectivity index (χ2v) is 3.08. The van der Waals surface area contributed by atoms with Crippen LogP contribution in [-0.2, 0) is 0 Å². The average molecular weight is 214 g/mol. The Bertz CT molecular complexity index is 410. The first-order valence-corrected chi connectivity index (χ1v) is 5.53. The molecule has 0 aliphatic rings. The van der Waals surface area contributed by atoms with Crippen LogP contribution in [-0.4, -0.2) is 0 Å². The number of hydrogen-bond donors (Lipinski definition) is 2. The fraction of sp³-hybridized carbons (Fsp3) is 0.143. The molecular formula is C14H18N2. The number of nitrogens with one attached hydrogen (secondary N) is 1. The molecule has 2 nitrogen and oxygen atoms in total. The molecular weight excluding hydrogens is 196 g/mol. The summed E-state index contributed by atoms with van der Waals surface area (Å²) in [6.07, 6.45) is 0. The molecule has 0 heterocycles. The number of para-hydroxylation sites is 3. The van der Waals surface area contributed by atoms with E-state index < -0.39 is 0 Å². The van der Waals surface area contributed by atoms with Crippen LogP contribution in [0.2, 0.25) is 0 Å². The molecule has 0 radical (unpaired) electrons. The van der Waals surface area contributed by atoms with Gasteiger partial charge in [0.05, 0.1) is 11.4 Å². The Hall–Kier alpha value is -1.96. The standard InChI is InChI=1S/C12H12N2.C2H6/c13-11-8-4-5-9-12(11)14-10-6-2-1-3-7-10;1-2/h1-9,14H,13H2;1-2H3. The van der Waals surface area contributed by atoms with E-state index in [1.165, 1.54) is 0 Å².